The van der Waals surface area contributed by atoms with E-state index in [0.29, 0.717) is 18.7 Å². The molecule has 2 amide bonds. The van der Waals surface area contributed by atoms with Gasteiger partial charge in [0.15, 0.2) is 0 Å². The molecule has 3 aromatic carbocycles. The Labute approximate surface area is 235 Å². The number of rotatable bonds is 14. The van der Waals surface area contributed by atoms with Crippen molar-refractivity contribution >= 4 is 27.5 Å². The molecule has 0 aliphatic carbocycles. The first-order chi connectivity index (χ1) is 19.2. The predicted molar refractivity (Wildman–Crippen MR) is 153 cm³/mol. The standard InChI is InChI=1S/C30H36FN3O5S/c1-4-6-20-32-30(36)28(5-2)33(21-23-12-18-26(39-3)19-13-23)29(35)22-34(25-16-14-24(31)15-17-25)40(37,38)27-10-8-7-9-11-27/h7-19,28H,4-6,20-22H2,1-3H3,(H,32,36)/t28-/m1/s1. The molecule has 0 radical (unpaired) electrons. The van der Waals surface area contributed by atoms with Gasteiger partial charge in [-0.15, -0.1) is 0 Å². The van der Waals surface area contributed by atoms with Crippen LogP contribution in [0.1, 0.15) is 38.7 Å². The second kappa shape index (κ2) is 14.5. The average Bonchev–Trinajstić information content (AvgIpc) is 2.97. The minimum atomic E-state index is -4.20. The van der Waals surface area contributed by atoms with Crippen molar-refractivity contribution in [3.05, 3.63) is 90.2 Å². The number of anilines is 1. The molecule has 10 heteroatoms. The van der Waals surface area contributed by atoms with Gasteiger partial charge in [0.1, 0.15) is 24.2 Å². The van der Waals surface area contributed by atoms with Crippen molar-refractivity contribution in [2.75, 3.05) is 24.5 Å². The van der Waals surface area contributed by atoms with E-state index in [0.717, 1.165) is 34.8 Å². The maximum Gasteiger partial charge on any atom is 0.264 e. The summed E-state index contributed by atoms with van der Waals surface area (Å²) in [4.78, 5) is 28.6. The van der Waals surface area contributed by atoms with Gasteiger partial charge in [-0.05, 0) is 66.9 Å². The maximum absolute atomic E-state index is 14.0. The van der Waals surface area contributed by atoms with E-state index >= 15 is 0 Å². The molecule has 3 aromatic rings. The first kappa shape index (κ1) is 30.6. The third-order valence-electron chi connectivity index (χ3n) is 6.45. The minimum absolute atomic E-state index is 0.0156. The third kappa shape index (κ3) is 7.81. The normalized spacial score (nSPS) is 11.9. The lowest BCUT2D eigenvalue weighted by Crippen LogP contribution is -2.52. The van der Waals surface area contributed by atoms with Gasteiger partial charge in [-0.25, -0.2) is 12.8 Å². The van der Waals surface area contributed by atoms with Crippen LogP contribution in [0, 0.1) is 5.82 Å². The molecule has 0 bridgehead atoms. The Bertz CT molecular complexity index is 1350. The van der Waals surface area contributed by atoms with Crippen LogP contribution in [0.5, 0.6) is 5.75 Å². The summed E-state index contributed by atoms with van der Waals surface area (Å²) >= 11 is 0. The van der Waals surface area contributed by atoms with Gasteiger partial charge in [0, 0.05) is 13.1 Å². The highest BCUT2D eigenvalue weighted by Gasteiger charge is 2.33. The Morgan fingerprint density at radius 3 is 2.17 bits per heavy atom. The Morgan fingerprint density at radius 2 is 1.60 bits per heavy atom. The first-order valence-corrected chi connectivity index (χ1v) is 14.7. The number of carbonyl (C=O) groups excluding carboxylic acids is 2. The zero-order chi connectivity index (χ0) is 29.1. The average molecular weight is 570 g/mol. The number of carbonyl (C=O) groups is 2. The zero-order valence-corrected chi connectivity index (χ0v) is 23.9. The van der Waals surface area contributed by atoms with E-state index in [-0.39, 0.29) is 23.0 Å². The molecule has 0 saturated carbocycles. The molecular weight excluding hydrogens is 533 g/mol. The van der Waals surface area contributed by atoms with Gasteiger partial charge in [0.2, 0.25) is 11.8 Å². The van der Waals surface area contributed by atoms with Crippen molar-refractivity contribution in [1.29, 1.82) is 0 Å². The summed E-state index contributed by atoms with van der Waals surface area (Å²) in [6, 6.07) is 18.9. The summed E-state index contributed by atoms with van der Waals surface area (Å²) in [5.41, 5.74) is 0.872. The monoisotopic (exact) mass is 569 g/mol. The van der Waals surface area contributed by atoms with Crippen LogP contribution in [0.15, 0.2) is 83.8 Å². The van der Waals surface area contributed by atoms with Gasteiger partial charge in [0.05, 0.1) is 17.7 Å². The fraction of sp³-hybridized carbons (Fsp3) is 0.333. The van der Waals surface area contributed by atoms with E-state index in [9.17, 15) is 22.4 Å². The van der Waals surface area contributed by atoms with Gasteiger partial charge in [-0.2, -0.15) is 0 Å². The smallest absolute Gasteiger partial charge is 0.264 e. The number of nitrogens with zero attached hydrogens (tertiary/aromatic N) is 2. The molecule has 1 atom stereocenters. The second-order valence-corrected chi connectivity index (χ2v) is 11.1. The lowest BCUT2D eigenvalue weighted by atomic mass is 10.1. The zero-order valence-electron chi connectivity index (χ0n) is 23.0. The highest BCUT2D eigenvalue weighted by molar-refractivity contribution is 7.92. The van der Waals surface area contributed by atoms with E-state index < -0.39 is 34.3 Å². The van der Waals surface area contributed by atoms with Gasteiger partial charge in [0.25, 0.3) is 10.0 Å². The lowest BCUT2D eigenvalue weighted by molar-refractivity contribution is -0.140. The quantitative estimate of drug-likeness (QED) is 0.283. The Morgan fingerprint density at radius 1 is 0.950 bits per heavy atom. The van der Waals surface area contributed by atoms with E-state index in [1.165, 1.54) is 29.2 Å². The maximum atomic E-state index is 14.0. The summed E-state index contributed by atoms with van der Waals surface area (Å²) in [5.74, 6) is -0.778. The molecule has 0 fully saturated rings. The molecule has 0 aliphatic heterocycles. The summed E-state index contributed by atoms with van der Waals surface area (Å²) in [6.45, 7) is 3.78. The fourth-order valence-electron chi connectivity index (χ4n) is 4.21. The lowest BCUT2D eigenvalue weighted by Gasteiger charge is -2.33. The van der Waals surface area contributed by atoms with Crippen LogP contribution in [0.4, 0.5) is 10.1 Å². The number of ether oxygens (including phenoxy) is 1. The van der Waals surface area contributed by atoms with E-state index in [1.807, 2.05) is 6.92 Å². The highest BCUT2D eigenvalue weighted by atomic mass is 32.2. The molecule has 40 heavy (non-hydrogen) atoms. The Kier molecular flexibility index (Phi) is 11.1. The number of amides is 2. The van der Waals surface area contributed by atoms with E-state index in [1.54, 1.807) is 56.5 Å². The Balaban J connectivity index is 2.01. The highest BCUT2D eigenvalue weighted by Crippen LogP contribution is 2.25. The molecular formula is C30H36FN3O5S. The van der Waals surface area contributed by atoms with Gasteiger partial charge >= 0.3 is 0 Å². The largest absolute Gasteiger partial charge is 0.497 e. The molecule has 0 unspecified atom stereocenters. The number of hydrogen-bond acceptors (Lipinski definition) is 5. The molecule has 3 rings (SSSR count). The van der Waals surface area contributed by atoms with Crippen LogP contribution in [-0.4, -0.2) is 51.4 Å². The fourth-order valence-corrected chi connectivity index (χ4v) is 5.64. The molecule has 0 saturated heterocycles. The molecule has 1 N–H and O–H groups in total. The molecule has 0 heterocycles. The van der Waals surface area contributed by atoms with Crippen LogP contribution >= 0.6 is 0 Å². The van der Waals surface area contributed by atoms with Crippen LogP contribution < -0.4 is 14.4 Å². The van der Waals surface area contributed by atoms with Crippen molar-refractivity contribution in [2.45, 2.75) is 50.6 Å². The number of sulfonamides is 1. The van der Waals surface area contributed by atoms with E-state index in [2.05, 4.69) is 5.32 Å². The third-order valence-corrected chi connectivity index (χ3v) is 8.24. The molecule has 0 aliphatic rings. The first-order valence-electron chi connectivity index (χ1n) is 13.2. The molecule has 214 valence electrons. The van der Waals surface area contributed by atoms with E-state index in [4.69, 9.17) is 4.74 Å². The van der Waals surface area contributed by atoms with Gasteiger partial charge in [-0.1, -0.05) is 50.6 Å². The number of methoxy groups -OCH3 is 1. The number of benzene rings is 3. The molecule has 8 nitrogen and oxygen atoms in total. The molecule has 0 spiro atoms. The van der Waals surface area contributed by atoms with Crippen molar-refractivity contribution < 1.29 is 27.1 Å². The van der Waals surface area contributed by atoms with Crippen molar-refractivity contribution in [3.63, 3.8) is 0 Å². The van der Waals surface area contributed by atoms with Gasteiger partial charge in [-0.3, -0.25) is 13.9 Å². The summed E-state index contributed by atoms with van der Waals surface area (Å²) < 4.78 is 47.3. The van der Waals surface area contributed by atoms with Crippen LogP contribution in [0.25, 0.3) is 0 Å². The SMILES string of the molecule is CCCCNC(=O)[C@@H](CC)N(Cc1ccc(OC)cc1)C(=O)CN(c1ccc(F)cc1)S(=O)(=O)c1ccccc1. The van der Waals surface area contributed by atoms with Gasteiger partial charge < -0.3 is 15.0 Å². The van der Waals surface area contributed by atoms with Crippen molar-refractivity contribution in [2.24, 2.45) is 0 Å². The summed E-state index contributed by atoms with van der Waals surface area (Å²) in [6.07, 6.45) is 2.01. The van der Waals surface area contributed by atoms with Crippen LogP contribution in [-0.2, 0) is 26.2 Å². The van der Waals surface area contributed by atoms with Crippen molar-refractivity contribution in [3.8, 4) is 5.75 Å². The van der Waals surface area contributed by atoms with Crippen molar-refractivity contribution in [1.82, 2.24) is 10.2 Å². The number of halogens is 1. The van der Waals surface area contributed by atoms with Crippen LogP contribution in [0.2, 0.25) is 0 Å². The predicted octanol–water partition coefficient (Wildman–Crippen LogP) is 4.75. The number of hydrogen-bond donors (Lipinski definition) is 1. The summed E-state index contributed by atoms with van der Waals surface area (Å²) in [7, 11) is -2.65. The molecule has 0 aromatic heterocycles. The second-order valence-electron chi connectivity index (χ2n) is 9.24. The topological polar surface area (TPSA) is 96.0 Å². The number of unbranched alkanes of at least 4 members (excludes halogenated alkanes) is 1. The number of nitrogens with one attached hydrogen (secondary N) is 1. The summed E-state index contributed by atoms with van der Waals surface area (Å²) in [5, 5.41) is 2.89. The Hall–Kier alpha value is -3.92. The minimum Gasteiger partial charge on any atom is -0.497 e. The van der Waals surface area contributed by atoms with Crippen LogP contribution in [0.3, 0.4) is 0 Å².